The summed E-state index contributed by atoms with van der Waals surface area (Å²) in [5, 5.41) is 0. The molecular formula is C8H14F2N2. The lowest BCUT2D eigenvalue weighted by Crippen LogP contribution is -2.37. The van der Waals surface area contributed by atoms with E-state index in [1.54, 1.807) is 6.21 Å². The second-order valence-electron chi connectivity index (χ2n) is 3.36. The predicted octanol–water partition coefficient (Wildman–Crippen LogP) is 1.45. The molecule has 4 heteroatoms. The van der Waals surface area contributed by atoms with E-state index in [1.165, 1.54) is 6.92 Å². The van der Waals surface area contributed by atoms with Crippen LogP contribution in [0.25, 0.3) is 0 Å². The molecule has 0 aromatic rings. The first-order valence-corrected chi connectivity index (χ1v) is 4.16. The largest absolute Gasteiger partial charge is 0.328 e. The van der Waals surface area contributed by atoms with Crippen LogP contribution in [0.4, 0.5) is 8.78 Å². The molecule has 0 saturated heterocycles. The van der Waals surface area contributed by atoms with Crippen LogP contribution in [0.5, 0.6) is 0 Å². The summed E-state index contributed by atoms with van der Waals surface area (Å²) in [6.45, 7) is 1.42. The van der Waals surface area contributed by atoms with E-state index in [1.807, 2.05) is 0 Å². The molecule has 0 unspecified atom stereocenters. The minimum atomic E-state index is -2.35. The quantitative estimate of drug-likeness (QED) is 0.649. The van der Waals surface area contributed by atoms with Gasteiger partial charge in [0.05, 0.1) is 0 Å². The van der Waals surface area contributed by atoms with Gasteiger partial charge in [0.1, 0.15) is 6.04 Å². The van der Waals surface area contributed by atoms with Crippen LogP contribution in [0.3, 0.4) is 0 Å². The second kappa shape index (κ2) is 3.94. The molecule has 1 aliphatic rings. The van der Waals surface area contributed by atoms with Gasteiger partial charge in [-0.25, -0.2) is 8.78 Å². The average molecular weight is 176 g/mol. The summed E-state index contributed by atoms with van der Waals surface area (Å²) in [4.78, 5) is 3.75. The highest BCUT2D eigenvalue weighted by atomic mass is 19.3. The van der Waals surface area contributed by atoms with E-state index in [-0.39, 0.29) is 6.04 Å². The molecule has 0 aromatic carbocycles. The molecule has 12 heavy (non-hydrogen) atoms. The van der Waals surface area contributed by atoms with Gasteiger partial charge in [0.15, 0.2) is 0 Å². The third-order valence-electron chi connectivity index (χ3n) is 2.11. The maximum absolute atomic E-state index is 11.9. The van der Waals surface area contributed by atoms with Gasteiger partial charge in [-0.3, -0.25) is 4.99 Å². The number of nitrogens with two attached hydrogens (primary N) is 1. The van der Waals surface area contributed by atoms with Gasteiger partial charge in [-0.15, -0.1) is 0 Å². The summed E-state index contributed by atoms with van der Waals surface area (Å²) in [5.74, 6) is 0.334. The van der Waals surface area contributed by atoms with E-state index < -0.39 is 12.5 Å². The number of rotatable bonds is 3. The minimum Gasteiger partial charge on any atom is -0.328 e. The zero-order valence-corrected chi connectivity index (χ0v) is 7.08. The summed E-state index contributed by atoms with van der Waals surface area (Å²) >= 11 is 0. The topological polar surface area (TPSA) is 38.4 Å². The van der Waals surface area contributed by atoms with Crippen LogP contribution in [0.2, 0.25) is 0 Å². The zero-order valence-electron chi connectivity index (χ0n) is 7.08. The molecule has 0 aromatic heterocycles. The third kappa shape index (κ3) is 2.52. The monoisotopic (exact) mass is 176 g/mol. The molecule has 0 radical (unpaired) electrons. The lowest BCUT2D eigenvalue weighted by atomic mass is 9.82. The molecule has 70 valence electrons. The Hall–Kier alpha value is -0.510. The van der Waals surface area contributed by atoms with Gasteiger partial charge in [0.2, 0.25) is 0 Å². The van der Waals surface area contributed by atoms with E-state index in [2.05, 4.69) is 4.99 Å². The van der Waals surface area contributed by atoms with Crippen molar-refractivity contribution in [2.24, 2.45) is 16.6 Å². The number of alkyl halides is 2. The molecule has 1 rings (SSSR count). The highest BCUT2D eigenvalue weighted by Gasteiger charge is 2.24. The van der Waals surface area contributed by atoms with Crippen LogP contribution in [0.1, 0.15) is 19.8 Å². The van der Waals surface area contributed by atoms with Crippen LogP contribution in [-0.4, -0.2) is 24.7 Å². The molecule has 2 N–H and O–H groups in total. The Balaban J connectivity index is 2.21. The maximum Gasteiger partial charge on any atom is 0.260 e. The van der Waals surface area contributed by atoms with E-state index in [9.17, 15) is 8.78 Å². The molecular weight excluding hydrogens is 162 g/mol. The fourth-order valence-electron chi connectivity index (χ4n) is 1.15. The molecule has 2 nitrogen and oxygen atoms in total. The van der Waals surface area contributed by atoms with Crippen molar-refractivity contribution in [2.45, 2.75) is 38.3 Å². The Kier molecular flexibility index (Phi) is 3.14. The normalized spacial score (nSPS) is 32.4. The predicted molar refractivity (Wildman–Crippen MR) is 44.7 cm³/mol. The first-order chi connectivity index (χ1) is 5.59. The summed E-state index contributed by atoms with van der Waals surface area (Å²) < 4.78 is 23.9. The molecule has 0 aliphatic heterocycles. The fourth-order valence-corrected chi connectivity index (χ4v) is 1.15. The standard InChI is InChI=1S/C8H14F2N2/c1-5(8(9)10)12-4-6-2-7(11)3-6/h4-8H,2-3,11H2,1H3/t5-,6?,7?/m0/s1. The molecule has 0 spiro atoms. The van der Waals surface area contributed by atoms with Gasteiger partial charge >= 0.3 is 0 Å². The van der Waals surface area contributed by atoms with Crippen LogP contribution < -0.4 is 5.73 Å². The Morgan fingerprint density at radius 3 is 2.50 bits per heavy atom. The molecule has 1 saturated carbocycles. The number of halogens is 2. The van der Waals surface area contributed by atoms with E-state index >= 15 is 0 Å². The van der Waals surface area contributed by atoms with Crippen molar-refractivity contribution in [1.29, 1.82) is 0 Å². The van der Waals surface area contributed by atoms with Crippen molar-refractivity contribution < 1.29 is 8.78 Å². The van der Waals surface area contributed by atoms with Crippen LogP contribution in [0, 0.1) is 5.92 Å². The van der Waals surface area contributed by atoms with E-state index in [0.29, 0.717) is 5.92 Å². The average Bonchev–Trinajstić information content (AvgIpc) is 1.95. The van der Waals surface area contributed by atoms with Crippen LogP contribution in [-0.2, 0) is 0 Å². The second-order valence-corrected chi connectivity index (χ2v) is 3.36. The van der Waals surface area contributed by atoms with Gasteiger partial charge in [-0.2, -0.15) is 0 Å². The van der Waals surface area contributed by atoms with Crippen LogP contribution in [0.15, 0.2) is 4.99 Å². The molecule has 1 fully saturated rings. The highest BCUT2D eigenvalue weighted by Crippen LogP contribution is 2.23. The van der Waals surface area contributed by atoms with Crippen molar-refractivity contribution in [3.8, 4) is 0 Å². The van der Waals surface area contributed by atoms with Gasteiger partial charge in [0.25, 0.3) is 6.43 Å². The van der Waals surface area contributed by atoms with Crippen molar-refractivity contribution >= 4 is 6.21 Å². The van der Waals surface area contributed by atoms with Gasteiger partial charge in [0, 0.05) is 12.3 Å². The number of nitrogens with zero attached hydrogens (tertiary/aromatic N) is 1. The lowest BCUT2D eigenvalue weighted by molar-refractivity contribution is 0.124. The van der Waals surface area contributed by atoms with Gasteiger partial charge in [-0.1, -0.05) is 0 Å². The minimum absolute atomic E-state index is 0.253. The highest BCUT2D eigenvalue weighted by molar-refractivity contribution is 5.62. The van der Waals surface area contributed by atoms with E-state index in [4.69, 9.17) is 5.73 Å². The first kappa shape index (κ1) is 9.58. The number of hydrogen-bond acceptors (Lipinski definition) is 2. The summed E-state index contributed by atoms with van der Waals surface area (Å²) in [7, 11) is 0. The van der Waals surface area contributed by atoms with Crippen molar-refractivity contribution in [1.82, 2.24) is 0 Å². The smallest absolute Gasteiger partial charge is 0.260 e. The van der Waals surface area contributed by atoms with Crippen LogP contribution >= 0.6 is 0 Å². The lowest BCUT2D eigenvalue weighted by Gasteiger charge is -2.29. The Morgan fingerprint density at radius 2 is 2.08 bits per heavy atom. The number of hydrogen-bond donors (Lipinski definition) is 1. The zero-order chi connectivity index (χ0) is 9.14. The van der Waals surface area contributed by atoms with Crippen molar-refractivity contribution in [3.05, 3.63) is 0 Å². The first-order valence-electron chi connectivity index (χ1n) is 4.16. The molecule has 0 bridgehead atoms. The Bertz CT molecular complexity index is 164. The fraction of sp³-hybridized carbons (Fsp3) is 0.875. The third-order valence-corrected chi connectivity index (χ3v) is 2.11. The van der Waals surface area contributed by atoms with E-state index in [0.717, 1.165) is 12.8 Å². The van der Waals surface area contributed by atoms with Gasteiger partial charge < -0.3 is 5.73 Å². The summed E-state index contributed by atoms with van der Waals surface area (Å²) in [6.07, 6.45) is 1.05. The Labute approximate surface area is 70.9 Å². The molecule has 0 heterocycles. The SMILES string of the molecule is C[C@H](N=CC1CC(N)C1)C(F)F. The van der Waals surface area contributed by atoms with Crippen molar-refractivity contribution in [3.63, 3.8) is 0 Å². The molecule has 1 atom stereocenters. The van der Waals surface area contributed by atoms with Crippen molar-refractivity contribution in [2.75, 3.05) is 0 Å². The summed E-state index contributed by atoms with van der Waals surface area (Å²) in [6, 6.07) is -0.620. The summed E-state index contributed by atoms with van der Waals surface area (Å²) in [5.41, 5.74) is 5.53. The maximum atomic E-state index is 11.9. The molecule has 0 amide bonds. The molecule has 1 aliphatic carbocycles. The van der Waals surface area contributed by atoms with Gasteiger partial charge in [-0.05, 0) is 25.7 Å². The number of aliphatic imine (C=N–C) groups is 1. The Morgan fingerprint density at radius 1 is 1.50 bits per heavy atom.